The molecule has 0 radical (unpaired) electrons. The third kappa shape index (κ3) is 3.69. The van der Waals surface area contributed by atoms with Gasteiger partial charge in [-0.05, 0) is 24.6 Å². The molecule has 1 N–H and O–H groups in total. The van der Waals surface area contributed by atoms with E-state index >= 15 is 0 Å². The van der Waals surface area contributed by atoms with Gasteiger partial charge >= 0.3 is 0 Å². The zero-order valence-corrected chi connectivity index (χ0v) is 12.7. The minimum absolute atomic E-state index is 0.205. The Morgan fingerprint density at radius 1 is 1.14 bits per heavy atom. The third-order valence-electron chi connectivity index (χ3n) is 3.23. The van der Waals surface area contributed by atoms with Crippen LogP contribution in [0.15, 0.2) is 48.8 Å². The summed E-state index contributed by atoms with van der Waals surface area (Å²) in [5.41, 5.74) is 1.56. The Labute approximate surface area is 130 Å². The summed E-state index contributed by atoms with van der Waals surface area (Å²) in [6, 6.07) is 10.9. The van der Waals surface area contributed by atoms with Crippen LogP contribution in [0.2, 0.25) is 0 Å². The lowest BCUT2D eigenvalue weighted by molar-refractivity contribution is 0.0953. The molecule has 0 spiro atoms. The SMILES string of the molecule is CCCNC(=O)c1cncc(C(=O)N(C)c2ccccc2)c1. The number of nitrogens with one attached hydrogen (secondary N) is 1. The van der Waals surface area contributed by atoms with E-state index in [4.69, 9.17) is 0 Å². The lowest BCUT2D eigenvalue weighted by Gasteiger charge is -2.17. The van der Waals surface area contributed by atoms with E-state index in [1.54, 1.807) is 13.1 Å². The Morgan fingerprint density at radius 2 is 1.82 bits per heavy atom. The number of nitrogens with zero attached hydrogens (tertiary/aromatic N) is 2. The zero-order valence-electron chi connectivity index (χ0n) is 12.7. The van der Waals surface area contributed by atoms with Crippen LogP contribution in [0, 0.1) is 0 Å². The maximum Gasteiger partial charge on any atom is 0.259 e. The number of hydrogen-bond donors (Lipinski definition) is 1. The Bertz CT molecular complexity index is 656. The number of amides is 2. The van der Waals surface area contributed by atoms with E-state index < -0.39 is 0 Å². The fraction of sp³-hybridized carbons (Fsp3) is 0.235. The summed E-state index contributed by atoms with van der Waals surface area (Å²) in [5.74, 6) is -0.421. The first-order valence-corrected chi connectivity index (χ1v) is 7.20. The minimum Gasteiger partial charge on any atom is -0.352 e. The van der Waals surface area contributed by atoms with E-state index in [0.717, 1.165) is 12.1 Å². The summed E-state index contributed by atoms with van der Waals surface area (Å²) in [6.07, 6.45) is 3.79. The van der Waals surface area contributed by atoms with E-state index in [9.17, 15) is 9.59 Å². The van der Waals surface area contributed by atoms with Crippen LogP contribution in [0.25, 0.3) is 0 Å². The second-order valence-corrected chi connectivity index (χ2v) is 4.92. The van der Waals surface area contributed by atoms with Gasteiger partial charge in [-0.1, -0.05) is 25.1 Å². The zero-order chi connectivity index (χ0) is 15.9. The van der Waals surface area contributed by atoms with Gasteiger partial charge in [0.25, 0.3) is 11.8 Å². The van der Waals surface area contributed by atoms with Gasteiger partial charge in [-0.25, -0.2) is 0 Å². The van der Waals surface area contributed by atoms with E-state index in [-0.39, 0.29) is 11.8 Å². The molecule has 5 heteroatoms. The van der Waals surface area contributed by atoms with Gasteiger partial charge in [0.1, 0.15) is 0 Å². The molecule has 1 aromatic heterocycles. The summed E-state index contributed by atoms with van der Waals surface area (Å²) >= 11 is 0. The normalized spacial score (nSPS) is 10.1. The summed E-state index contributed by atoms with van der Waals surface area (Å²) in [7, 11) is 1.70. The van der Waals surface area contributed by atoms with Crippen LogP contribution >= 0.6 is 0 Å². The number of rotatable bonds is 5. The highest BCUT2D eigenvalue weighted by Gasteiger charge is 2.15. The number of anilines is 1. The standard InChI is InChI=1S/C17H19N3O2/c1-3-9-19-16(21)13-10-14(12-18-11-13)17(22)20(2)15-7-5-4-6-8-15/h4-8,10-12H,3,9H2,1-2H3,(H,19,21). The number of hydrogen-bond acceptors (Lipinski definition) is 3. The average molecular weight is 297 g/mol. The molecule has 2 rings (SSSR count). The molecule has 0 bridgehead atoms. The van der Waals surface area contributed by atoms with Crippen molar-refractivity contribution in [3.8, 4) is 0 Å². The van der Waals surface area contributed by atoms with Gasteiger partial charge in [-0.15, -0.1) is 0 Å². The first kappa shape index (κ1) is 15.7. The molecule has 1 aromatic carbocycles. The summed E-state index contributed by atoms with van der Waals surface area (Å²) in [5, 5.41) is 2.77. The van der Waals surface area contributed by atoms with Crippen LogP contribution in [0.5, 0.6) is 0 Å². The quantitative estimate of drug-likeness (QED) is 0.922. The maximum atomic E-state index is 12.5. The summed E-state index contributed by atoms with van der Waals surface area (Å²) < 4.78 is 0. The van der Waals surface area contributed by atoms with Crippen LogP contribution in [-0.2, 0) is 0 Å². The van der Waals surface area contributed by atoms with Crippen LogP contribution < -0.4 is 10.2 Å². The molecular weight excluding hydrogens is 278 g/mol. The van der Waals surface area contributed by atoms with E-state index in [1.807, 2.05) is 37.3 Å². The number of para-hydroxylation sites is 1. The molecule has 114 valence electrons. The monoisotopic (exact) mass is 297 g/mol. The molecular formula is C17H19N3O2. The van der Waals surface area contributed by atoms with Crippen LogP contribution in [0.4, 0.5) is 5.69 Å². The second-order valence-electron chi connectivity index (χ2n) is 4.92. The fourth-order valence-electron chi connectivity index (χ4n) is 1.98. The lowest BCUT2D eigenvalue weighted by Crippen LogP contribution is -2.28. The molecule has 0 aliphatic heterocycles. The Hall–Kier alpha value is -2.69. The van der Waals surface area contributed by atoms with Crippen molar-refractivity contribution in [2.45, 2.75) is 13.3 Å². The van der Waals surface area contributed by atoms with Crippen molar-refractivity contribution < 1.29 is 9.59 Å². The molecule has 2 amide bonds. The Kier molecular flexibility index (Phi) is 5.25. The smallest absolute Gasteiger partial charge is 0.259 e. The van der Waals surface area contributed by atoms with E-state index in [2.05, 4.69) is 10.3 Å². The van der Waals surface area contributed by atoms with Crippen molar-refractivity contribution in [3.05, 3.63) is 59.9 Å². The average Bonchev–Trinajstić information content (AvgIpc) is 2.59. The van der Waals surface area contributed by atoms with E-state index in [1.165, 1.54) is 17.3 Å². The molecule has 0 aliphatic rings. The van der Waals surface area contributed by atoms with Crippen molar-refractivity contribution in [2.24, 2.45) is 0 Å². The second kappa shape index (κ2) is 7.36. The summed E-state index contributed by atoms with van der Waals surface area (Å²) in [4.78, 5) is 30.0. The van der Waals surface area contributed by atoms with Gasteiger partial charge in [-0.3, -0.25) is 14.6 Å². The van der Waals surface area contributed by atoms with Gasteiger partial charge < -0.3 is 10.2 Å². The van der Waals surface area contributed by atoms with Gasteiger partial charge in [0.2, 0.25) is 0 Å². The molecule has 1 heterocycles. The number of pyridine rings is 1. The number of carbonyl (C=O) groups is 2. The van der Waals surface area contributed by atoms with Crippen molar-refractivity contribution in [1.82, 2.24) is 10.3 Å². The first-order chi connectivity index (χ1) is 10.6. The van der Waals surface area contributed by atoms with Gasteiger partial charge in [0.15, 0.2) is 0 Å². The summed E-state index contributed by atoms with van der Waals surface area (Å²) in [6.45, 7) is 2.58. The van der Waals surface area contributed by atoms with Crippen LogP contribution in [0.1, 0.15) is 34.1 Å². The van der Waals surface area contributed by atoms with Crippen molar-refractivity contribution in [1.29, 1.82) is 0 Å². The lowest BCUT2D eigenvalue weighted by atomic mass is 10.1. The highest BCUT2D eigenvalue weighted by molar-refractivity contribution is 6.07. The first-order valence-electron chi connectivity index (χ1n) is 7.20. The predicted octanol–water partition coefficient (Wildman–Crippen LogP) is 2.50. The highest BCUT2D eigenvalue weighted by atomic mass is 16.2. The Balaban J connectivity index is 2.18. The molecule has 2 aromatic rings. The number of benzene rings is 1. The van der Waals surface area contributed by atoms with Crippen LogP contribution in [0.3, 0.4) is 0 Å². The third-order valence-corrected chi connectivity index (χ3v) is 3.23. The molecule has 5 nitrogen and oxygen atoms in total. The molecule has 22 heavy (non-hydrogen) atoms. The molecule has 0 saturated heterocycles. The van der Waals surface area contributed by atoms with Crippen molar-refractivity contribution >= 4 is 17.5 Å². The Morgan fingerprint density at radius 3 is 2.50 bits per heavy atom. The molecule has 0 atom stereocenters. The van der Waals surface area contributed by atoms with Gasteiger partial charge in [-0.2, -0.15) is 0 Å². The highest BCUT2D eigenvalue weighted by Crippen LogP contribution is 2.15. The molecule has 0 saturated carbocycles. The molecule has 0 fully saturated rings. The number of carbonyl (C=O) groups excluding carboxylic acids is 2. The van der Waals surface area contributed by atoms with Crippen molar-refractivity contribution in [2.75, 3.05) is 18.5 Å². The number of aromatic nitrogens is 1. The molecule has 0 unspecified atom stereocenters. The van der Waals surface area contributed by atoms with Gasteiger partial charge in [0, 0.05) is 31.7 Å². The minimum atomic E-state index is -0.216. The van der Waals surface area contributed by atoms with E-state index in [0.29, 0.717) is 17.7 Å². The maximum absolute atomic E-state index is 12.5. The molecule has 0 aliphatic carbocycles. The predicted molar refractivity (Wildman–Crippen MR) is 86.0 cm³/mol. The van der Waals surface area contributed by atoms with Crippen molar-refractivity contribution in [3.63, 3.8) is 0 Å². The largest absolute Gasteiger partial charge is 0.352 e. The fourth-order valence-corrected chi connectivity index (χ4v) is 1.98. The van der Waals surface area contributed by atoms with Gasteiger partial charge in [0.05, 0.1) is 11.1 Å². The topological polar surface area (TPSA) is 62.3 Å². The van der Waals surface area contributed by atoms with Crippen LogP contribution in [-0.4, -0.2) is 30.4 Å².